The Labute approximate surface area is 107 Å². The van der Waals surface area contributed by atoms with Gasteiger partial charge < -0.3 is 15.0 Å². The molecule has 1 saturated carbocycles. The maximum absolute atomic E-state index is 11.1. The molecule has 18 heavy (non-hydrogen) atoms. The van der Waals surface area contributed by atoms with Crippen LogP contribution in [0.25, 0.3) is 0 Å². The van der Waals surface area contributed by atoms with Crippen molar-refractivity contribution >= 4 is 5.97 Å². The number of nitrogens with one attached hydrogen (secondary N) is 1. The number of hydrogen-bond acceptors (Lipinski definition) is 3. The highest BCUT2D eigenvalue weighted by molar-refractivity contribution is 5.70. The van der Waals surface area contributed by atoms with Gasteiger partial charge in [-0.25, -0.2) is 4.98 Å². The summed E-state index contributed by atoms with van der Waals surface area (Å²) in [5, 5.41) is 12.5. The Balaban J connectivity index is 1.69. The third kappa shape index (κ3) is 3.57. The molecule has 0 amide bonds. The van der Waals surface area contributed by atoms with Crippen LogP contribution in [0.4, 0.5) is 0 Å². The molecule has 1 aromatic rings. The van der Waals surface area contributed by atoms with E-state index in [9.17, 15) is 9.90 Å². The summed E-state index contributed by atoms with van der Waals surface area (Å²) in [6.07, 6.45) is 9.59. The molecule has 0 aliphatic heterocycles. The average Bonchev–Trinajstić information content (AvgIpc) is 2.88. The molecule has 2 N–H and O–H groups in total. The highest BCUT2D eigenvalue weighted by atomic mass is 16.4. The molecule has 2 atom stereocenters. The van der Waals surface area contributed by atoms with E-state index in [1.165, 1.54) is 0 Å². The zero-order valence-electron chi connectivity index (χ0n) is 10.6. The molecule has 0 bridgehead atoms. The van der Waals surface area contributed by atoms with Crippen molar-refractivity contribution in [1.82, 2.24) is 14.9 Å². The van der Waals surface area contributed by atoms with Crippen molar-refractivity contribution in [2.75, 3.05) is 13.1 Å². The van der Waals surface area contributed by atoms with Gasteiger partial charge in [0.05, 0.1) is 12.2 Å². The molecule has 1 heterocycles. The molecule has 1 aliphatic rings. The second-order valence-corrected chi connectivity index (χ2v) is 4.99. The van der Waals surface area contributed by atoms with Crippen molar-refractivity contribution in [2.45, 2.75) is 32.2 Å². The quantitative estimate of drug-likeness (QED) is 0.749. The van der Waals surface area contributed by atoms with Gasteiger partial charge in [0, 0.05) is 25.5 Å². The van der Waals surface area contributed by atoms with Crippen LogP contribution in [0.5, 0.6) is 0 Å². The van der Waals surface area contributed by atoms with Gasteiger partial charge >= 0.3 is 5.97 Å². The Hall–Kier alpha value is -1.36. The van der Waals surface area contributed by atoms with E-state index in [2.05, 4.69) is 10.3 Å². The summed E-state index contributed by atoms with van der Waals surface area (Å²) in [7, 11) is 0. The van der Waals surface area contributed by atoms with Crippen molar-refractivity contribution in [3.8, 4) is 0 Å². The fraction of sp³-hybridized carbons (Fsp3) is 0.692. The maximum Gasteiger partial charge on any atom is 0.306 e. The Bertz CT molecular complexity index is 364. The lowest BCUT2D eigenvalue weighted by molar-refractivity contribution is -0.144. The zero-order chi connectivity index (χ0) is 12.8. The van der Waals surface area contributed by atoms with E-state index in [0.717, 1.165) is 45.3 Å². The third-order valence-corrected chi connectivity index (χ3v) is 3.74. The van der Waals surface area contributed by atoms with E-state index >= 15 is 0 Å². The number of aromatic nitrogens is 2. The minimum atomic E-state index is -0.629. The van der Waals surface area contributed by atoms with Gasteiger partial charge in [0.25, 0.3) is 0 Å². The molecule has 100 valence electrons. The summed E-state index contributed by atoms with van der Waals surface area (Å²) >= 11 is 0. The predicted octanol–water partition coefficient (Wildman–Crippen LogP) is 1.36. The van der Waals surface area contributed by atoms with Gasteiger partial charge in [0.1, 0.15) is 0 Å². The Morgan fingerprint density at radius 2 is 2.28 bits per heavy atom. The SMILES string of the molecule is O=C(O)C1CCCCC1CNCCn1ccnc1. The number of carbonyl (C=O) groups is 1. The first-order valence-electron chi connectivity index (χ1n) is 6.66. The van der Waals surface area contributed by atoms with Gasteiger partial charge in [-0.05, 0) is 25.3 Å². The van der Waals surface area contributed by atoms with E-state index < -0.39 is 5.97 Å². The van der Waals surface area contributed by atoms with Gasteiger partial charge in [-0.1, -0.05) is 12.8 Å². The minimum Gasteiger partial charge on any atom is -0.481 e. The third-order valence-electron chi connectivity index (χ3n) is 3.74. The first-order valence-corrected chi connectivity index (χ1v) is 6.66. The highest BCUT2D eigenvalue weighted by Crippen LogP contribution is 2.29. The number of hydrogen-bond donors (Lipinski definition) is 2. The second-order valence-electron chi connectivity index (χ2n) is 4.99. The molecule has 0 spiro atoms. The number of carboxylic acid groups (broad SMARTS) is 1. The number of imidazole rings is 1. The molecule has 1 aliphatic carbocycles. The molecule has 1 aromatic heterocycles. The minimum absolute atomic E-state index is 0.153. The van der Waals surface area contributed by atoms with Crippen LogP contribution in [0.3, 0.4) is 0 Å². The topological polar surface area (TPSA) is 67.2 Å². The van der Waals surface area contributed by atoms with E-state index in [1.54, 1.807) is 12.5 Å². The van der Waals surface area contributed by atoms with Gasteiger partial charge in [-0.3, -0.25) is 4.79 Å². The van der Waals surface area contributed by atoms with E-state index in [-0.39, 0.29) is 5.92 Å². The van der Waals surface area contributed by atoms with E-state index in [4.69, 9.17) is 0 Å². The number of nitrogens with zero attached hydrogens (tertiary/aromatic N) is 2. The largest absolute Gasteiger partial charge is 0.481 e. The van der Waals surface area contributed by atoms with Crippen LogP contribution in [0.15, 0.2) is 18.7 Å². The molecule has 5 heteroatoms. The van der Waals surface area contributed by atoms with Gasteiger partial charge in [0.15, 0.2) is 0 Å². The van der Waals surface area contributed by atoms with E-state index in [1.807, 2.05) is 10.8 Å². The molecular formula is C13H21N3O2. The normalized spacial score (nSPS) is 24.0. The van der Waals surface area contributed by atoms with Crippen LogP contribution < -0.4 is 5.32 Å². The smallest absolute Gasteiger partial charge is 0.306 e. The first kappa shape index (κ1) is 13.1. The Morgan fingerprint density at radius 1 is 1.44 bits per heavy atom. The lowest BCUT2D eigenvalue weighted by Crippen LogP contribution is -2.35. The summed E-state index contributed by atoms with van der Waals surface area (Å²) < 4.78 is 2.02. The molecule has 0 saturated heterocycles. The number of carboxylic acids is 1. The lowest BCUT2D eigenvalue weighted by atomic mass is 9.79. The average molecular weight is 251 g/mol. The molecular weight excluding hydrogens is 230 g/mol. The van der Waals surface area contributed by atoms with Crippen LogP contribution in [-0.4, -0.2) is 33.7 Å². The van der Waals surface area contributed by atoms with E-state index in [0.29, 0.717) is 5.92 Å². The van der Waals surface area contributed by atoms with Crippen molar-refractivity contribution < 1.29 is 9.90 Å². The number of aliphatic carboxylic acids is 1. The summed E-state index contributed by atoms with van der Waals surface area (Å²) in [4.78, 5) is 15.1. The summed E-state index contributed by atoms with van der Waals surface area (Å²) in [5.41, 5.74) is 0. The molecule has 2 rings (SSSR count). The van der Waals surface area contributed by atoms with Crippen LogP contribution in [0.2, 0.25) is 0 Å². The standard InChI is InChI=1S/C13H21N3O2/c17-13(18)12-4-2-1-3-11(12)9-14-5-7-16-8-6-15-10-16/h6,8,10-12,14H,1-5,7,9H2,(H,17,18). The van der Waals surface area contributed by atoms with Crippen LogP contribution >= 0.6 is 0 Å². The molecule has 0 aromatic carbocycles. The van der Waals surface area contributed by atoms with Gasteiger partial charge in [0.2, 0.25) is 0 Å². The van der Waals surface area contributed by atoms with Crippen LogP contribution in [0, 0.1) is 11.8 Å². The van der Waals surface area contributed by atoms with Crippen molar-refractivity contribution in [3.05, 3.63) is 18.7 Å². The fourth-order valence-corrected chi connectivity index (χ4v) is 2.69. The van der Waals surface area contributed by atoms with Crippen LogP contribution in [0.1, 0.15) is 25.7 Å². The number of rotatable bonds is 6. The first-order chi connectivity index (χ1) is 8.77. The monoisotopic (exact) mass is 251 g/mol. The van der Waals surface area contributed by atoms with Gasteiger partial charge in [-0.2, -0.15) is 0 Å². The second kappa shape index (κ2) is 6.54. The zero-order valence-corrected chi connectivity index (χ0v) is 10.6. The van der Waals surface area contributed by atoms with Crippen molar-refractivity contribution in [1.29, 1.82) is 0 Å². The van der Waals surface area contributed by atoms with Crippen LogP contribution in [-0.2, 0) is 11.3 Å². The molecule has 2 unspecified atom stereocenters. The fourth-order valence-electron chi connectivity index (χ4n) is 2.69. The lowest BCUT2D eigenvalue weighted by Gasteiger charge is -2.28. The Morgan fingerprint density at radius 3 is 3.00 bits per heavy atom. The molecule has 5 nitrogen and oxygen atoms in total. The highest BCUT2D eigenvalue weighted by Gasteiger charge is 2.30. The van der Waals surface area contributed by atoms with Crippen molar-refractivity contribution in [2.24, 2.45) is 11.8 Å². The Kier molecular flexibility index (Phi) is 4.75. The van der Waals surface area contributed by atoms with Crippen molar-refractivity contribution in [3.63, 3.8) is 0 Å². The summed E-state index contributed by atoms with van der Waals surface area (Å²) in [6, 6.07) is 0. The maximum atomic E-state index is 11.1. The predicted molar refractivity (Wildman–Crippen MR) is 68.2 cm³/mol. The van der Waals surface area contributed by atoms with Gasteiger partial charge in [-0.15, -0.1) is 0 Å². The molecule has 1 fully saturated rings. The summed E-state index contributed by atoms with van der Waals surface area (Å²) in [5.74, 6) is -0.491. The molecule has 0 radical (unpaired) electrons. The summed E-state index contributed by atoms with van der Waals surface area (Å²) in [6.45, 7) is 2.55.